The summed E-state index contributed by atoms with van der Waals surface area (Å²) in [6.07, 6.45) is 2.39. The van der Waals surface area contributed by atoms with Crippen LogP contribution in [0.5, 0.6) is 0 Å². The van der Waals surface area contributed by atoms with E-state index in [1.807, 2.05) is 6.92 Å². The molecule has 0 atom stereocenters. The minimum absolute atomic E-state index is 0. The van der Waals surface area contributed by atoms with Gasteiger partial charge in [0.1, 0.15) is 0 Å². The average Bonchev–Trinajstić information content (AvgIpc) is 2.00. The summed E-state index contributed by atoms with van der Waals surface area (Å²) in [5.41, 5.74) is 0. The summed E-state index contributed by atoms with van der Waals surface area (Å²) in [7, 11) is -8.59. The molecule has 0 spiro atoms. The molecule has 0 rings (SSSR count). The normalized spacial score (nSPS) is 9.11. The third kappa shape index (κ3) is 120. The van der Waals surface area contributed by atoms with Gasteiger partial charge >= 0.3 is 29.6 Å². The number of rotatable bonds is 4. The van der Waals surface area contributed by atoms with E-state index in [4.69, 9.17) is 29.1 Å². The fraction of sp³-hybridized carbons (Fsp3) is 0.857. The Morgan fingerprint density at radius 3 is 1.74 bits per heavy atom. The molecule has 0 aliphatic carbocycles. The summed E-state index contributed by atoms with van der Waals surface area (Å²) in [4.78, 5) is 22.9. The molecule has 0 aromatic rings. The predicted molar refractivity (Wildman–Crippen MR) is 64.3 cm³/mol. The van der Waals surface area contributed by atoms with Crippen molar-refractivity contribution in [3.8, 4) is 6.07 Å². The van der Waals surface area contributed by atoms with Crippen LogP contribution in [0.25, 0.3) is 0 Å². The molecule has 0 bridgehead atoms. The van der Waals surface area contributed by atoms with Crippen molar-refractivity contribution in [3.05, 3.63) is 0 Å². The molecule has 0 fully saturated rings. The molecule has 0 aliphatic rings. The second-order valence-corrected chi connectivity index (χ2v) is 5.26. The van der Waals surface area contributed by atoms with Gasteiger partial charge in [0.25, 0.3) is 17.9 Å². The summed E-state index contributed by atoms with van der Waals surface area (Å²) in [6, 6.07) is 1.75. The van der Waals surface area contributed by atoms with Gasteiger partial charge in [0, 0.05) is 6.92 Å². The largest absolute Gasteiger partial charge is 1.00 e. The molecule has 12 heteroatoms. The van der Waals surface area contributed by atoms with Crippen LogP contribution in [0.1, 0.15) is 33.1 Å². The molecule has 0 amide bonds. The maximum Gasteiger partial charge on any atom is 1.00 e. The Kier molecular flexibility index (Phi) is 30.8. The molecule has 112 valence electrons. The van der Waals surface area contributed by atoms with Gasteiger partial charge in [-0.25, -0.2) is 0 Å². The standard InChI is InChI=1S/C5H12O3S.C2H3N.H3N.Na.H3O4P/c1-2-3-4-5-9(6,7)8;1-2-3;;;1-5(2,3)4/h2-5H2,1H3,(H,6,7,8);1H3;1H3;;(H3,1,2,3,4)/q;;;+1;/p-1. The van der Waals surface area contributed by atoms with E-state index >= 15 is 0 Å². The van der Waals surface area contributed by atoms with Gasteiger partial charge in [-0.3, -0.25) is 9.12 Å². The monoisotopic (exact) mass is 330 g/mol. The van der Waals surface area contributed by atoms with E-state index in [-0.39, 0.29) is 41.5 Å². The second-order valence-electron chi connectivity index (χ2n) is 2.71. The van der Waals surface area contributed by atoms with Gasteiger partial charge in [0.15, 0.2) is 0 Å². The molecule has 0 radical (unpaired) electrons. The number of nitriles is 1. The molecular weight excluding hydrogens is 310 g/mol. The summed E-state index contributed by atoms with van der Waals surface area (Å²) in [6.45, 7) is 3.41. The number of hydrogen-bond acceptors (Lipinski definition) is 6. The molecule has 0 saturated carbocycles. The van der Waals surface area contributed by atoms with Crippen LogP contribution in [0.3, 0.4) is 0 Å². The SMILES string of the molecule is CC#N.CCCCCS(=O)(=O)O.N.O=P([O-])(O)O.[Na+]. The van der Waals surface area contributed by atoms with Gasteiger partial charge in [-0.15, -0.1) is 0 Å². The van der Waals surface area contributed by atoms with Crippen LogP contribution in [0, 0.1) is 11.3 Å². The van der Waals surface area contributed by atoms with Crippen molar-refractivity contribution in [3.63, 3.8) is 0 Å². The predicted octanol–water partition coefficient (Wildman–Crippen LogP) is -2.80. The Hall–Kier alpha value is 0.470. The fourth-order valence-corrected chi connectivity index (χ4v) is 1.10. The van der Waals surface area contributed by atoms with Gasteiger partial charge in [-0.05, 0) is 6.42 Å². The Balaban J connectivity index is -0.0000000565. The van der Waals surface area contributed by atoms with Gasteiger partial charge in [0.2, 0.25) is 0 Å². The summed E-state index contributed by atoms with van der Waals surface area (Å²) in [5.74, 6) is -0.0964. The molecule has 0 aliphatic heterocycles. The van der Waals surface area contributed by atoms with E-state index in [1.54, 1.807) is 6.07 Å². The molecule has 0 unspecified atom stereocenters. The van der Waals surface area contributed by atoms with Gasteiger partial charge in [0.05, 0.1) is 11.8 Å². The van der Waals surface area contributed by atoms with Crippen molar-refractivity contribution in [1.82, 2.24) is 6.15 Å². The van der Waals surface area contributed by atoms with Crippen LogP contribution in [-0.4, -0.2) is 28.5 Å². The van der Waals surface area contributed by atoms with Crippen LogP contribution in [-0.2, 0) is 14.7 Å². The Bertz CT molecular complexity index is 343. The molecule has 0 aromatic carbocycles. The van der Waals surface area contributed by atoms with E-state index in [9.17, 15) is 8.42 Å². The van der Waals surface area contributed by atoms with Crippen LogP contribution >= 0.6 is 7.82 Å². The molecule has 9 nitrogen and oxygen atoms in total. The van der Waals surface area contributed by atoms with Crippen LogP contribution in [0.2, 0.25) is 0 Å². The first-order chi connectivity index (χ1) is 7.47. The van der Waals surface area contributed by atoms with Crippen LogP contribution in [0.15, 0.2) is 0 Å². The maximum atomic E-state index is 10.1. The van der Waals surface area contributed by atoms with Crippen LogP contribution < -0.4 is 40.6 Å². The number of nitrogens with zero attached hydrogens (tertiary/aromatic N) is 1. The van der Waals surface area contributed by atoms with Crippen molar-refractivity contribution in [2.24, 2.45) is 0 Å². The number of phosphoric acid groups is 1. The van der Waals surface area contributed by atoms with Crippen molar-refractivity contribution in [2.45, 2.75) is 33.1 Å². The third-order valence-corrected chi connectivity index (χ3v) is 1.81. The van der Waals surface area contributed by atoms with Crippen molar-refractivity contribution < 1.29 is 61.8 Å². The van der Waals surface area contributed by atoms with Gasteiger partial charge < -0.3 is 20.8 Å². The smallest absolute Gasteiger partial charge is 0.756 e. The van der Waals surface area contributed by atoms with E-state index in [2.05, 4.69) is 0 Å². The van der Waals surface area contributed by atoms with Crippen molar-refractivity contribution >= 4 is 17.9 Å². The zero-order chi connectivity index (χ0) is 14.5. The minimum Gasteiger partial charge on any atom is -0.756 e. The first-order valence-corrected chi connectivity index (χ1v) is 7.64. The Morgan fingerprint density at radius 1 is 1.32 bits per heavy atom. The minimum atomic E-state index is -4.89. The molecule has 6 N–H and O–H groups in total. The quantitative estimate of drug-likeness (QED) is 0.182. The molecule has 19 heavy (non-hydrogen) atoms. The molecule has 0 heterocycles. The zero-order valence-corrected chi connectivity index (χ0v) is 15.0. The van der Waals surface area contributed by atoms with E-state index < -0.39 is 17.9 Å². The van der Waals surface area contributed by atoms with E-state index in [0.29, 0.717) is 6.42 Å². The number of hydrogen-bond donors (Lipinski definition) is 4. The Morgan fingerprint density at radius 2 is 1.58 bits per heavy atom. The van der Waals surface area contributed by atoms with Crippen molar-refractivity contribution in [2.75, 3.05) is 5.75 Å². The topological polar surface area (TPSA) is 194 Å². The third-order valence-electron chi connectivity index (χ3n) is 1.01. The van der Waals surface area contributed by atoms with Crippen molar-refractivity contribution in [1.29, 1.82) is 5.26 Å². The molecular formula is C7H20N2NaO7PS. The van der Waals surface area contributed by atoms with Gasteiger partial charge in [-0.1, -0.05) is 19.8 Å². The van der Waals surface area contributed by atoms with E-state index in [0.717, 1.165) is 12.8 Å². The summed E-state index contributed by atoms with van der Waals surface area (Å²) >= 11 is 0. The molecule has 0 aromatic heterocycles. The number of unbranched alkanes of at least 4 members (excludes halogenated alkanes) is 2. The first kappa shape index (κ1) is 31.7. The maximum absolute atomic E-state index is 10.1. The average molecular weight is 330 g/mol. The summed E-state index contributed by atoms with van der Waals surface area (Å²) < 4.78 is 37.1. The van der Waals surface area contributed by atoms with E-state index in [1.165, 1.54) is 6.92 Å². The fourth-order valence-electron chi connectivity index (χ4n) is 0.534. The Labute approximate surface area is 135 Å². The second kappa shape index (κ2) is 18.5. The zero-order valence-electron chi connectivity index (χ0n) is 11.3. The van der Waals surface area contributed by atoms with Crippen LogP contribution in [0.4, 0.5) is 0 Å². The summed E-state index contributed by atoms with van der Waals surface area (Å²) in [5, 5.41) is 7.32. The molecule has 0 saturated heterocycles. The van der Waals surface area contributed by atoms with Gasteiger partial charge in [-0.2, -0.15) is 13.7 Å². The first-order valence-electron chi connectivity index (χ1n) is 4.50.